The van der Waals surface area contributed by atoms with Crippen LogP contribution in [0.1, 0.15) is 6.42 Å². The van der Waals surface area contributed by atoms with Crippen LogP contribution in [0.2, 0.25) is 0 Å². The topological polar surface area (TPSA) is 49.7 Å². The third-order valence-corrected chi connectivity index (χ3v) is 4.30. The molecule has 0 saturated carbocycles. The Morgan fingerprint density at radius 3 is 2.95 bits per heavy atom. The Hall–Kier alpha value is -2.14. The molecule has 0 bridgehead atoms. The molecule has 0 saturated heterocycles. The second kappa shape index (κ2) is 3.68. The molecule has 3 aliphatic rings. The van der Waals surface area contributed by atoms with Crippen LogP contribution >= 0.6 is 11.8 Å². The highest BCUT2D eigenvalue weighted by Crippen LogP contribution is 2.43. The van der Waals surface area contributed by atoms with Crippen LogP contribution in [0.5, 0.6) is 0 Å². The van der Waals surface area contributed by atoms with Gasteiger partial charge in [0, 0.05) is 17.5 Å². The van der Waals surface area contributed by atoms with Crippen molar-refractivity contribution in [3.8, 4) is 0 Å². The molecule has 0 radical (unpaired) electrons. The molecule has 2 aliphatic heterocycles. The third kappa shape index (κ3) is 1.45. The average Bonchev–Trinajstić information content (AvgIpc) is 2.79. The lowest BCUT2D eigenvalue weighted by atomic mass is 9.96. The van der Waals surface area contributed by atoms with Crippen LogP contribution in [0.3, 0.4) is 0 Å². The van der Waals surface area contributed by atoms with E-state index < -0.39 is 5.78 Å². The molecule has 4 rings (SSSR count). The molecule has 1 aromatic carbocycles. The van der Waals surface area contributed by atoms with Gasteiger partial charge in [0.25, 0.3) is 0 Å². The minimum absolute atomic E-state index is 0.153. The first-order valence-corrected chi connectivity index (χ1v) is 6.70. The summed E-state index contributed by atoms with van der Waals surface area (Å²) in [6.07, 6.45) is 3.61. The third-order valence-electron chi connectivity index (χ3n) is 3.26. The van der Waals surface area contributed by atoms with Gasteiger partial charge in [-0.25, -0.2) is 4.99 Å². The molecule has 0 spiro atoms. The van der Waals surface area contributed by atoms with E-state index in [9.17, 15) is 9.59 Å². The maximum Gasteiger partial charge on any atom is 0.232 e. The molecule has 1 aliphatic carbocycles. The zero-order valence-corrected chi connectivity index (χ0v) is 10.6. The molecule has 4 nitrogen and oxygen atoms in total. The number of carbonyl (C=O) groups excluding carboxylic acids is 2. The Morgan fingerprint density at radius 2 is 2.05 bits per heavy atom. The SMILES string of the molecule is O=C1CC=C2N=C3Sc4ccccc4N3C=C2C1=O. The maximum absolute atomic E-state index is 11.9. The van der Waals surface area contributed by atoms with Crippen molar-refractivity contribution in [3.63, 3.8) is 0 Å². The fourth-order valence-corrected chi connectivity index (χ4v) is 3.32. The minimum atomic E-state index is -0.435. The highest BCUT2D eigenvalue weighted by Gasteiger charge is 2.34. The Balaban J connectivity index is 1.89. The molecule has 0 fully saturated rings. The number of anilines is 1. The van der Waals surface area contributed by atoms with Gasteiger partial charge in [-0.1, -0.05) is 12.1 Å². The first-order valence-electron chi connectivity index (χ1n) is 5.89. The van der Waals surface area contributed by atoms with E-state index >= 15 is 0 Å². The van der Waals surface area contributed by atoms with Gasteiger partial charge in [-0.05, 0) is 30.0 Å². The Bertz CT molecular complexity index is 731. The van der Waals surface area contributed by atoms with Gasteiger partial charge in [0.15, 0.2) is 5.17 Å². The lowest BCUT2D eigenvalue weighted by Gasteiger charge is -2.23. The standard InChI is InChI=1S/C14H8N2O2S/c17-11-6-5-9-8(13(11)18)7-16-10-3-1-2-4-12(10)19-14(16)15-9/h1-5,7H,6H2. The monoisotopic (exact) mass is 268 g/mol. The molecule has 5 heteroatoms. The Kier molecular flexibility index (Phi) is 2.08. The van der Waals surface area contributed by atoms with E-state index in [-0.39, 0.29) is 12.2 Å². The predicted molar refractivity (Wildman–Crippen MR) is 73.0 cm³/mol. The van der Waals surface area contributed by atoms with Crippen molar-refractivity contribution < 1.29 is 9.59 Å². The fraction of sp³-hybridized carbons (Fsp3) is 0.0714. The zero-order chi connectivity index (χ0) is 13.0. The molecule has 0 aromatic heterocycles. The number of amidine groups is 1. The number of allylic oxidation sites excluding steroid dienone is 2. The number of nitrogens with zero attached hydrogens (tertiary/aromatic N) is 2. The number of fused-ring (bicyclic) bond motifs is 4. The zero-order valence-electron chi connectivity index (χ0n) is 9.79. The van der Waals surface area contributed by atoms with E-state index in [0.717, 1.165) is 15.8 Å². The maximum atomic E-state index is 11.9. The van der Waals surface area contributed by atoms with Crippen LogP contribution < -0.4 is 4.90 Å². The summed E-state index contributed by atoms with van der Waals surface area (Å²) >= 11 is 1.57. The van der Waals surface area contributed by atoms with Gasteiger partial charge in [0.05, 0.1) is 17.0 Å². The van der Waals surface area contributed by atoms with Gasteiger partial charge in [-0.2, -0.15) is 0 Å². The number of rotatable bonds is 0. The molecule has 0 N–H and O–H groups in total. The van der Waals surface area contributed by atoms with E-state index in [1.807, 2.05) is 29.2 Å². The van der Waals surface area contributed by atoms with Crippen LogP contribution in [-0.4, -0.2) is 16.7 Å². The lowest BCUT2D eigenvalue weighted by molar-refractivity contribution is -0.134. The summed E-state index contributed by atoms with van der Waals surface area (Å²) in [5.74, 6) is -0.802. The van der Waals surface area contributed by atoms with E-state index in [2.05, 4.69) is 4.99 Å². The van der Waals surface area contributed by atoms with Crippen molar-refractivity contribution >= 4 is 34.2 Å². The van der Waals surface area contributed by atoms with Gasteiger partial charge in [0.1, 0.15) is 0 Å². The summed E-state index contributed by atoms with van der Waals surface area (Å²) in [5, 5.41) is 0.832. The summed E-state index contributed by atoms with van der Waals surface area (Å²) in [7, 11) is 0. The second-order valence-corrected chi connectivity index (χ2v) is 5.43. The van der Waals surface area contributed by atoms with Gasteiger partial charge < -0.3 is 0 Å². The second-order valence-electron chi connectivity index (χ2n) is 4.42. The van der Waals surface area contributed by atoms with Crippen molar-refractivity contribution in [2.75, 3.05) is 4.90 Å². The van der Waals surface area contributed by atoms with Crippen molar-refractivity contribution in [2.45, 2.75) is 11.3 Å². The summed E-state index contributed by atoms with van der Waals surface area (Å²) in [6, 6.07) is 7.91. The Labute approximate surface area is 113 Å². The molecular weight excluding hydrogens is 260 g/mol. The molecule has 2 heterocycles. The van der Waals surface area contributed by atoms with Crippen molar-refractivity contribution in [1.29, 1.82) is 0 Å². The summed E-state index contributed by atoms with van der Waals surface area (Å²) in [5.41, 5.74) is 2.03. The Morgan fingerprint density at radius 1 is 1.21 bits per heavy atom. The molecule has 0 atom stereocenters. The molecule has 19 heavy (non-hydrogen) atoms. The first kappa shape index (κ1) is 10.8. The predicted octanol–water partition coefficient (Wildman–Crippen LogP) is 2.28. The number of Topliss-reactive ketones (excluding diaryl/α,β-unsaturated/α-hetero) is 2. The minimum Gasteiger partial charge on any atom is -0.294 e. The van der Waals surface area contributed by atoms with Gasteiger partial charge >= 0.3 is 0 Å². The number of hydrogen-bond acceptors (Lipinski definition) is 5. The van der Waals surface area contributed by atoms with Crippen LogP contribution in [0.15, 0.2) is 57.7 Å². The van der Waals surface area contributed by atoms with Gasteiger partial charge in [-0.15, -0.1) is 0 Å². The summed E-state index contributed by atoms with van der Waals surface area (Å²) in [6.45, 7) is 0. The smallest absolute Gasteiger partial charge is 0.232 e. The van der Waals surface area contributed by atoms with Crippen LogP contribution in [0.25, 0.3) is 0 Å². The van der Waals surface area contributed by atoms with E-state index in [0.29, 0.717) is 11.3 Å². The highest BCUT2D eigenvalue weighted by molar-refractivity contribution is 8.14. The number of hydrogen-bond donors (Lipinski definition) is 0. The number of aliphatic imine (C=N–C) groups is 1. The molecule has 0 amide bonds. The van der Waals surface area contributed by atoms with Crippen LogP contribution in [0, 0.1) is 0 Å². The lowest BCUT2D eigenvalue weighted by Crippen LogP contribution is -2.29. The van der Waals surface area contributed by atoms with Crippen LogP contribution in [0.4, 0.5) is 5.69 Å². The number of para-hydroxylation sites is 1. The molecule has 92 valence electrons. The van der Waals surface area contributed by atoms with Crippen molar-refractivity contribution in [3.05, 3.63) is 47.8 Å². The number of thioether (sulfide) groups is 1. The van der Waals surface area contributed by atoms with E-state index in [1.165, 1.54) is 0 Å². The fourth-order valence-electron chi connectivity index (χ4n) is 2.32. The van der Waals surface area contributed by atoms with Gasteiger partial charge in [-0.3, -0.25) is 14.5 Å². The summed E-state index contributed by atoms with van der Waals surface area (Å²) in [4.78, 5) is 30.9. The molecule has 1 aromatic rings. The quantitative estimate of drug-likeness (QED) is 0.677. The van der Waals surface area contributed by atoms with Crippen molar-refractivity contribution in [2.24, 2.45) is 4.99 Å². The molecular formula is C14H8N2O2S. The van der Waals surface area contributed by atoms with E-state index in [1.54, 1.807) is 24.0 Å². The highest BCUT2D eigenvalue weighted by atomic mass is 32.2. The number of carbonyl (C=O) groups is 2. The normalized spacial score (nSPS) is 20.2. The van der Waals surface area contributed by atoms with Crippen LogP contribution in [-0.2, 0) is 9.59 Å². The first-order chi connectivity index (χ1) is 9.24. The van der Waals surface area contributed by atoms with Crippen molar-refractivity contribution in [1.82, 2.24) is 0 Å². The number of benzene rings is 1. The van der Waals surface area contributed by atoms with E-state index in [4.69, 9.17) is 0 Å². The average molecular weight is 268 g/mol. The molecule has 0 unspecified atom stereocenters. The summed E-state index contributed by atoms with van der Waals surface area (Å²) < 4.78 is 0. The number of ketones is 2. The van der Waals surface area contributed by atoms with Gasteiger partial charge in [0.2, 0.25) is 11.6 Å². The largest absolute Gasteiger partial charge is 0.294 e.